The fraction of sp³-hybridized carbons (Fsp3) is 0.929. The van der Waals surface area contributed by atoms with Crippen LogP contribution in [0.4, 0.5) is 0 Å². The first-order valence-electron chi connectivity index (χ1n) is 7.02. The first-order chi connectivity index (χ1) is 7.97. The normalized spacial score (nSPS) is 14.7. The number of carbonyl (C=O) groups excluding carboxylic acids is 1. The smallest absolute Gasteiger partial charge is 0.221 e. The molecular formula is C14H30N2O. The molecule has 17 heavy (non-hydrogen) atoms. The second kappa shape index (κ2) is 9.46. The molecule has 0 heterocycles. The van der Waals surface area contributed by atoms with Gasteiger partial charge in [0.25, 0.3) is 0 Å². The van der Waals surface area contributed by atoms with E-state index < -0.39 is 0 Å². The van der Waals surface area contributed by atoms with Gasteiger partial charge >= 0.3 is 0 Å². The number of unbranched alkanes of at least 4 members (excludes halogenated alkanes) is 3. The fourth-order valence-electron chi connectivity index (χ4n) is 1.73. The number of hydrogen-bond acceptors (Lipinski definition) is 2. The zero-order valence-corrected chi connectivity index (χ0v) is 12.0. The molecule has 0 spiro atoms. The van der Waals surface area contributed by atoms with Crippen LogP contribution in [0.2, 0.25) is 0 Å². The molecule has 3 heteroatoms. The van der Waals surface area contributed by atoms with Crippen LogP contribution >= 0.6 is 0 Å². The lowest BCUT2D eigenvalue weighted by atomic mass is 10.0. The van der Waals surface area contributed by atoms with Gasteiger partial charge in [-0.2, -0.15) is 0 Å². The first kappa shape index (κ1) is 16.4. The van der Waals surface area contributed by atoms with Crippen LogP contribution < -0.4 is 11.1 Å². The van der Waals surface area contributed by atoms with Crippen LogP contribution in [-0.4, -0.2) is 18.0 Å². The molecule has 1 amide bonds. The van der Waals surface area contributed by atoms with Gasteiger partial charge in [0.15, 0.2) is 0 Å². The molecule has 0 aliphatic heterocycles. The molecule has 0 aromatic carbocycles. The highest BCUT2D eigenvalue weighted by molar-refractivity contribution is 5.76. The molecule has 0 bridgehead atoms. The first-order valence-corrected chi connectivity index (χ1v) is 7.02. The Morgan fingerprint density at radius 2 is 1.82 bits per heavy atom. The van der Waals surface area contributed by atoms with Gasteiger partial charge in [-0.1, -0.05) is 46.5 Å². The molecule has 0 saturated carbocycles. The second-order valence-corrected chi connectivity index (χ2v) is 5.43. The molecule has 0 aromatic heterocycles. The molecule has 0 rings (SSSR count). The summed E-state index contributed by atoms with van der Waals surface area (Å²) in [6.45, 7) is 8.38. The Balaban J connectivity index is 3.65. The summed E-state index contributed by atoms with van der Waals surface area (Å²) in [6.07, 6.45) is 6.52. The van der Waals surface area contributed by atoms with Crippen LogP contribution in [0.25, 0.3) is 0 Å². The zero-order valence-electron chi connectivity index (χ0n) is 12.0. The van der Waals surface area contributed by atoms with Gasteiger partial charge in [-0.15, -0.1) is 0 Å². The van der Waals surface area contributed by atoms with Crippen LogP contribution in [0, 0.1) is 5.92 Å². The van der Waals surface area contributed by atoms with E-state index in [-0.39, 0.29) is 18.0 Å². The van der Waals surface area contributed by atoms with Gasteiger partial charge in [-0.3, -0.25) is 4.79 Å². The Morgan fingerprint density at radius 3 is 2.35 bits per heavy atom. The number of amides is 1. The van der Waals surface area contributed by atoms with Crippen LogP contribution in [0.3, 0.4) is 0 Å². The zero-order chi connectivity index (χ0) is 13.3. The lowest BCUT2D eigenvalue weighted by Crippen LogP contribution is -2.38. The number of nitrogens with one attached hydrogen (secondary N) is 1. The van der Waals surface area contributed by atoms with Crippen molar-refractivity contribution in [1.29, 1.82) is 0 Å². The lowest BCUT2D eigenvalue weighted by molar-refractivity contribution is -0.122. The third-order valence-electron chi connectivity index (χ3n) is 3.18. The number of carbonyl (C=O) groups is 1. The highest BCUT2D eigenvalue weighted by Gasteiger charge is 2.14. The largest absolute Gasteiger partial charge is 0.354 e. The van der Waals surface area contributed by atoms with Crippen molar-refractivity contribution < 1.29 is 4.79 Å². The van der Waals surface area contributed by atoms with Crippen LogP contribution in [0.15, 0.2) is 0 Å². The van der Waals surface area contributed by atoms with E-state index >= 15 is 0 Å². The van der Waals surface area contributed by atoms with E-state index in [1.165, 1.54) is 25.7 Å². The van der Waals surface area contributed by atoms with Crippen molar-refractivity contribution in [2.24, 2.45) is 11.7 Å². The topological polar surface area (TPSA) is 55.1 Å². The Labute approximate surface area is 107 Å². The molecule has 3 nitrogen and oxygen atoms in total. The fourth-order valence-corrected chi connectivity index (χ4v) is 1.73. The molecule has 0 aliphatic carbocycles. The van der Waals surface area contributed by atoms with Crippen molar-refractivity contribution in [2.75, 3.05) is 0 Å². The average Bonchev–Trinajstić information content (AvgIpc) is 2.24. The van der Waals surface area contributed by atoms with E-state index in [4.69, 9.17) is 5.73 Å². The molecular weight excluding hydrogens is 212 g/mol. The molecule has 2 unspecified atom stereocenters. The van der Waals surface area contributed by atoms with Gasteiger partial charge in [0, 0.05) is 18.5 Å². The summed E-state index contributed by atoms with van der Waals surface area (Å²) in [5, 5.41) is 3.02. The summed E-state index contributed by atoms with van der Waals surface area (Å²) in [4.78, 5) is 11.7. The third-order valence-corrected chi connectivity index (χ3v) is 3.18. The summed E-state index contributed by atoms with van der Waals surface area (Å²) < 4.78 is 0. The minimum atomic E-state index is -0.0257. The van der Waals surface area contributed by atoms with Crippen LogP contribution in [0.1, 0.15) is 66.2 Å². The van der Waals surface area contributed by atoms with E-state index in [1.54, 1.807) is 0 Å². The molecule has 102 valence electrons. The van der Waals surface area contributed by atoms with Crippen molar-refractivity contribution in [3.05, 3.63) is 0 Å². The Kier molecular flexibility index (Phi) is 9.14. The summed E-state index contributed by atoms with van der Waals surface area (Å²) in [7, 11) is 0. The quantitative estimate of drug-likeness (QED) is 0.611. The molecule has 3 N–H and O–H groups in total. The Bertz CT molecular complexity index is 204. The maximum Gasteiger partial charge on any atom is 0.221 e. The predicted molar refractivity (Wildman–Crippen MR) is 73.8 cm³/mol. The Hall–Kier alpha value is -0.570. The number of hydrogen-bond donors (Lipinski definition) is 2. The van der Waals surface area contributed by atoms with Crippen LogP contribution in [-0.2, 0) is 4.79 Å². The van der Waals surface area contributed by atoms with E-state index in [0.717, 1.165) is 6.42 Å². The van der Waals surface area contributed by atoms with E-state index in [9.17, 15) is 4.79 Å². The number of nitrogens with two attached hydrogens (primary N) is 1. The minimum Gasteiger partial charge on any atom is -0.354 e. The maximum atomic E-state index is 11.7. The minimum absolute atomic E-state index is 0.0257. The molecule has 0 fully saturated rings. The SMILES string of the molecule is CCCCCCC(C)NC(=O)CC(N)C(C)C. The predicted octanol–water partition coefficient (Wildman–Crippen LogP) is 2.83. The standard InChI is InChI=1S/C14H30N2O/c1-5-6-7-8-9-12(4)16-14(17)10-13(15)11(2)3/h11-13H,5-10,15H2,1-4H3,(H,16,17). The summed E-state index contributed by atoms with van der Waals surface area (Å²) in [6, 6.07) is 0.251. The summed E-state index contributed by atoms with van der Waals surface area (Å²) >= 11 is 0. The lowest BCUT2D eigenvalue weighted by Gasteiger charge is -2.18. The monoisotopic (exact) mass is 242 g/mol. The van der Waals surface area contributed by atoms with Crippen molar-refractivity contribution in [3.8, 4) is 0 Å². The molecule has 0 aliphatic rings. The molecule has 0 radical (unpaired) electrons. The van der Waals surface area contributed by atoms with Gasteiger partial charge in [0.1, 0.15) is 0 Å². The van der Waals surface area contributed by atoms with Gasteiger partial charge in [0.2, 0.25) is 5.91 Å². The maximum absolute atomic E-state index is 11.7. The highest BCUT2D eigenvalue weighted by atomic mass is 16.1. The molecule has 0 aromatic rings. The van der Waals surface area contributed by atoms with Gasteiger partial charge in [-0.25, -0.2) is 0 Å². The van der Waals surface area contributed by atoms with Crippen molar-refractivity contribution in [2.45, 2.75) is 78.3 Å². The molecule has 0 saturated heterocycles. The van der Waals surface area contributed by atoms with E-state index in [0.29, 0.717) is 12.3 Å². The van der Waals surface area contributed by atoms with Crippen molar-refractivity contribution in [1.82, 2.24) is 5.32 Å². The number of rotatable bonds is 9. The highest BCUT2D eigenvalue weighted by Crippen LogP contribution is 2.06. The Morgan fingerprint density at radius 1 is 1.18 bits per heavy atom. The van der Waals surface area contributed by atoms with Crippen molar-refractivity contribution in [3.63, 3.8) is 0 Å². The van der Waals surface area contributed by atoms with Gasteiger partial charge in [0.05, 0.1) is 0 Å². The van der Waals surface area contributed by atoms with Gasteiger partial charge in [-0.05, 0) is 19.3 Å². The third kappa shape index (κ3) is 9.16. The van der Waals surface area contributed by atoms with E-state index in [2.05, 4.69) is 19.2 Å². The van der Waals surface area contributed by atoms with Crippen LogP contribution in [0.5, 0.6) is 0 Å². The summed E-state index contributed by atoms with van der Waals surface area (Å²) in [5.74, 6) is 0.454. The van der Waals surface area contributed by atoms with Crippen molar-refractivity contribution >= 4 is 5.91 Å². The average molecular weight is 242 g/mol. The molecule has 2 atom stereocenters. The summed E-state index contributed by atoms with van der Waals surface area (Å²) in [5.41, 5.74) is 5.87. The van der Waals surface area contributed by atoms with E-state index in [1.807, 2.05) is 13.8 Å². The second-order valence-electron chi connectivity index (χ2n) is 5.43. The van der Waals surface area contributed by atoms with Gasteiger partial charge < -0.3 is 11.1 Å².